The number of carboxylic acid groups (broad SMARTS) is 1. The van der Waals surface area contributed by atoms with E-state index in [1.165, 1.54) is 4.68 Å². The molecule has 6 heteroatoms. The summed E-state index contributed by atoms with van der Waals surface area (Å²) in [5.74, 6) is -0.0212. The van der Waals surface area contributed by atoms with E-state index in [4.69, 9.17) is 15.6 Å². The van der Waals surface area contributed by atoms with E-state index in [0.717, 1.165) is 5.56 Å². The van der Waals surface area contributed by atoms with Gasteiger partial charge in [0.15, 0.2) is 0 Å². The molecular weight excluding hydrogens is 234 g/mol. The van der Waals surface area contributed by atoms with E-state index in [2.05, 4.69) is 5.10 Å². The van der Waals surface area contributed by atoms with Gasteiger partial charge in [-0.3, -0.25) is 4.79 Å². The molecule has 0 aliphatic carbocycles. The number of ether oxygens (including phenoxy) is 1. The quantitative estimate of drug-likeness (QED) is 0.847. The maximum absolute atomic E-state index is 10.6. The Labute approximate surface area is 104 Å². The number of aromatic nitrogens is 2. The van der Waals surface area contributed by atoms with Crippen molar-refractivity contribution in [2.75, 3.05) is 12.8 Å². The Balaban J connectivity index is 2.42. The van der Waals surface area contributed by atoms with E-state index in [1.54, 1.807) is 13.2 Å². The van der Waals surface area contributed by atoms with Crippen LogP contribution in [0.4, 0.5) is 5.82 Å². The molecule has 0 aliphatic heterocycles. The van der Waals surface area contributed by atoms with E-state index in [0.29, 0.717) is 17.3 Å². The van der Waals surface area contributed by atoms with Crippen molar-refractivity contribution in [1.29, 1.82) is 0 Å². The SMILES string of the molecule is COc1ccccc1-c1cc(N)n(CC(=O)O)n1. The molecule has 0 bridgehead atoms. The summed E-state index contributed by atoms with van der Waals surface area (Å²) < 4.78 is 6.46. The first-order valence-corrected chi connectivity index (χ1v) is 5.30. The maximum Gasteiger partial charge on any atom is 0.325 e. The van der Waals surface area contributed by atoms with Gasteiger partial charge in [-0.25, -0.2) is 4.68 Å². The van der Waals surface area contributed by atoms with E-state index in [-0.39, 0.29) is 6.54 Å². The zero-order chi connectivity index (χ0) is 13.1. The first kappa shape index (κ1) is 12.0. The molecule has 0 saturated heterocycles. The number of nitrogens with two attached hydrogens (primary N) is 1. The zero-order valence-electron chi connectivity index (χ0n) is 9.83. The van der Waals surface area contributed by atoms with Crippen molar-refractivity contribution in [2.24, 2.45) is 0 Å². The molecule has 1 heterocycles. The van der Waals surface area contributed by atoms with Crippen molar-refractivity contribution >= 4 is 11.8 Å². The van der Waals surface area contributed by atoms with Crippen molar-refractivity contribution in [2.45, 2.75) is 6.54 Å². The van der Waals surface area contributed by atoms with Gasteiger partial charge < -0.3 is 15.6 Å². The second kappa shape index (κ2) is 4.79. The van der Waals surface area contributed by atoms with Gasteiger partial charge in [0.05, 0.1) is 12.8 Å². The smallest absolute Gasteiger partial charge is 0.325 e. The minimum atomic E-state index is -0.989. The van der Waals surface area contributed by atoms with Gasteiger partial charge in [0, 0.05) is 11.6 Å². The number of methoxy groups -OCH3 is 1. The molecule has 18 heavy (non-hydrogen) atoms. The van der Waals surface area contributed by atoms with Crippen LogP contribution in [-0.4, -0.2) is 28.0 Å². The number of aliphatic carboxylic acids is 1. The normalized spacial score (nSPS) is 10.3. The summed E-state index contributed by atoms with van der Waals surface area (Å²) in [6, 6.07) is 8.97. The topological polar surface area (TPSA) is 90.4 Å². The number of anilines is 1. The molecule has 0 saturated carbocycles. The second-order valence-corrected chi connectivity index (χ2v) is 3.71. The fourth-order valence-electron chi connectivity index (χ4n) is 1.67. The molecule has 1 aromatic heterocycles. The number of rotatable bonds is 4. The van der Waals surface area contributed by atoms with Gasteiger partial charge in [-0.15, -0.1) is 0 Å². The van der Waals surface area contributed by atoms with E-state index in [9.17, 15) is 4.79 Å². The third-order valence-electron chi connectivity index (χ3n) is 2.48. The first-order valence-electron chi connectivity index (χ1n) is 5.30. The van der Waals surface area contributed by atoms with Crippen LogP contribution < -0.4 is 10.5 Å². The van der Waals surface area contributed by atoms with Crippen LogP contribution in [-0.2, 0) is 11.3 Å². The lowest BCUT2D eigenvalue weighted by Gasteiger charge is -2.04. The Morgan fingerprint density at radius 1 is 1.50 bits per heavy atom. The summed E-state index contributed by atoms with van der Waals surface area (Å²) in [5, 5.41) is 12.9. The van der Waals surface area contributed by atoms with Crippen LogP contribution in [0.2, 0.25) is 0 Å². The molecular formula is C12H13N3O3. The summed E-state index contributed by atoms with van der Waals surface area (Å²) in [5.41, 5.74) is 7.08. The number of benzene rings is 1. The van der Waals surface area contributed by atoms with Crippen LogP contribution in [0, 0.1) is 0 Å². The van der Waals surface area contributed by atoms with Crippen molar-refractivity contribution in [3.63, 3.8) is 0 Å². The lowest BCUT2D eigenvalue weighted by atomic mass is 10.1. The van der Waals surface area contributed by atoms with Crippen molar-refractivity contribution in [1.82, 2.24) is 9.78 Å². The maximum atomic E-state index is 10.6. The molecule has 0 aliphatic rings. The van der Waals surface area contributed by atoms with Crippen LogP contribution in [0.3, 0.4) is 0 Å². The molecule has 6 nitrogen and oxygen atoms in total. The van der Waals surface area contributed by atoms with Gasteiger partial charge in [-0.1, -0.05) is 12.1 Å². The second-order valence-electron chi connectivity index (χ2n) is 3.71. The molecule has 0 radical (unpaired) electrons. The Hall–Kier alpha value is -2.50. The van der Waals surface area contributed by atoms with Crippen molar-refractivity contribution < 1.29 is 14.6 Å². The summed E-state index contributed by atoms with van der Waals surface area (Å²) in [6.07, 6.45) is 0. The lowest BCUT2D eigenvalue weighted by Crippen LogP contribution is -2.12. The zero-order valence-corrected chi connectivity index (χ0v) is 9.83. The third-order valence-corrected chi connectivity index (χ3v) is 2.48. The highest BCUT2D eigenvalue weighted by Crippen LogP contribution is 2.29. The van der Waals surface area contributed by atoms with Gasteiger partial charge in [0.1, 0.15) is 18.1 Å². The number of nitrogens with zero attached hydrogens (tertiary/aromatic N) is 2. The van der Waals surface area contributed by atoms with E-state index >= 15 is 0 Å². The van der Waals surface area contributed by atoms with E-state index < -0.39 is 5.97 Å². The Bertz CT molecular complexity index is 578. The van der Waals surface area contributed by atoms with E-state index in [1.807, 2.05) is 24.3 Å². The average molecular weight is 247 g/mol. The summed E-state index contributed by atoms with van der Waals surface area (Å²) >= 11 is 0. The molecule has 2 rings (SSSR count). The molecule has 0 fully saturated rings. The largest absolute Gasteiger partial charge is 0.496 e. The van der Waals surface area contributed by atoms with Gasteiger partial charge >= 0.3 is 5.97 Å². The molecule has 2 aromatic rings. The standard InChI is InChI=1S/C12H13N3O3/c1-18-10-5-3-2-4-8(10)9-6-11(13)15(14-9)7-12(16)17/h2-6H,7,13H2,1H3,(H,16,17). The molecule has 1 aromatic carbocycles. The number of carbonyl (C=O) groups is 1. The highest BCUT2D eigenvalue weighted by molar-refractivity contribution is 5.71. The van der Waals surface area contributed by atoms with Crippen LogP contribution in [0.5, 0.6) is 5.75 Å². The number of carboxylic acids is 1. The van der Waals surface area contributed by atoms with Crippen LogP contribution in [0.1, 0.15) is 0 Å². The number of nitrogen functional groups attached to an aromatic ring is 1. The van der Waals surface area contributed by atoms with Crippen LogP contribution >= 0.6 is 0 Å². The van der Waals surface area contributed by atoms with Gasteiger partial charge in [0.25, 0.3) is 0 Å². The first-order chi connectivity index (χ1) is 8.61. The van der Waals surface area contributed by atoms with Gasteiger partial charge in [-0.05, 0) is 12.1 Å². The number of hydrogen-bond acceptors (Lipinski definition) is 4. The predicted octanol–water partition coefficient (Wildman–Crippen LogP) is 1.23. The monoisotopic (exact) mass is 247 g/mol. The Kier molecular flexibility index (Phi) is 3.18. The molecule has 0 atom stereocenters. The summed E-state index contributed by atoms with van der Waals surface area (Å²) in [6.45, 7) is -0.263. The van der Waals surface area contributed by atoms with Crippen LogP contribution in [0.15, 0.2) is 30.3 Å². The average Bonchev–Trinajstić information content (AvgIpc) is 2.70. The minimum Gasteiger partial charge on any atom is -0.496 e. The van der Waals surface area contributed by atoms with Gasteiger partial charge in [-0.2, -0.15) is 5.10 Å². The summed E-state index contributed by atoms with van der Waals surface area (Å²) in [4.78, 5) is 10.6. The van der Waals surface area contributed by atoms with Crippen LogP contribution in [0.25, 0.3) is 11.3 Å². The summed E-state index contributed by atoms with van der Waals surface area (Å²) in [7, 11) is 1.57. The number of hydrogen-bond donors (Lipinski definition) is 2. The fourth-order valence-corrected chi connectivity index (χ4v) is 1.67. The Morgan fingerprint density at radius 2 is 2.22 bits per heavy atom. The Morgan fingerprint density at radius 3 is 2.89 bits per heavy atom. The molecule has 0 amide bonds. The lowest BCUT2D eigenvalue weighted by molar-refractivity contribution is -0.137. The highest BCUT2D eigenvalue weighted by Gasteiger charge is 2.12. The highest BCUT2D eigenvalue weighted by atomic mass is 16.5. The third kappa shape index (κ3) is 2.27. The fraction of sp³-hybridized carbons (Fsp3) is 0.167. The van der Waals surface area contributed by atoms with Crippen molar-refractivity contribution in [3.05, 3.63) is 30.3 Å². The number of para-hydroxylation sites is 1. The van der Waals surface area contributed by atoms with Crippen molar-refractivity contribution in [3.8, 4) is 17.0 Å². The predicted molar refractivity (Wildman–Crippen MR) is 66.3 cm³/mol. The molecule has 94 valence electrons. The molecule has 0 spiro atoms. The minimum absolute atomic E-state index is 0.263. The van der Waals surface area contributed by atoms with Gasteiger partial charge in [0.2, 0.25) is 0 Å². The molecule has 0 unspecified atom stereocenters. The molecule has 3 N–H and O–H groups in total.